The number of amides is 1. The molecule has 1 N–H and O–H groups in total. The summed E-state index contributed by atoms with van der Waals surface area (Å²) < 4.78 is 56.2. The number of hydrogen-bond donors (Lipinski definition) is 1. The van der Waals surface area contributed by atoms with Crippen LogP contribution in [0.5, 0.6) is 5.75 Å². The molecule has 2 atom stereocenters. The van der Waals surface area contributed by atoms with Crippen LogP contribution < -0.4 is 9.64 Å². The van der Waals surface area contributed by atoms with Gasteiger partial charge in [0.2, 0.25) is 0 Å². The topological polar surface area (TPSA) is 101 Å². The van der Waals surface area contributed by atoms with E-state index in [-0.39, 0.29) is 34.8 Å². The normalized spacial score (nSPS) is 20.2. The number of alkyl halides is 3. The van der Waals surface area contributed by atoms with E-state index in [2.05, 4.69) is 14.7 Å². The van der Waals surface area contributed by atoms with Crippen LogP contribution in [0.4, 0.5) is 24.0 Å². The van der Waals surface area contributed by atoms with Gasteiger partial charge in [0, 0.05) is 30.2 Å². The van der Waals surface area contributed by atoms with Crippen molar-refractivity contribution in [2.45, 2.75) is 70.7 Å². The highest BCUT2D eigenvalue weighted by Gasteiger charge is 2.50. The fourth-order valence-electron chi connectivity index (χ4n) is 4.75. The number of ether oxygens (including phenoxy) is 2. The molecule has 0 spiro atoms. The number of thiazole rings is 1. The third-order valence-corrected chi connectivity index (χ3v) is 7.02. The summed E-state index contributed by atoms with van der Waals surface area (Å²) in [5.74, 6) is -0.622. The summed E-state index contributed by atoms with van der Waals surface area (Å²) >= 11 is 1.27. The zero-order valence-electron chi connectivity index (χ0n) is 20.9. The molecule has 9 nitrogen and oxygen atoms in total. The van der Waals surface area contributed by atoms with Crippen LogP contribution in [0.3, 0.4) is 0 Å². The van der Waals surface area contributed by atoms with E-state index in [0.717, 1.165) is 6.42 Å². The molecule has 1 amide bonds. The first-order valence-corrected chi connectivity index (χ1v) is 12.6. The lowest BCUT2D eigenvalue weighted by molar-refractivity contribution is -0.274. The van der Waals surface area contributed by atoms with Crippen molar-refractivity contribution in [3.05, 3.63) is 23.2 Å². The molecule has 3 fully saturated rings. The van der Waals surface area contributed by atoms with Gasteiger partial charge >= 0.3 is 12.5 Å². The Balaban J connectivity index is 1.55. The van der Waals surface area contributed by atoms with Gasteiger partial charge in [-0.05, 0) is 47.1 Å². The second-order valence-corrected chi connectivity index (χ2v) is 11.6. The molecule has 1 aromatic carbocycles. The highest BCUT2D eigenvalue weighted by atomic mass is 32.1. The minimum absolute atomic E-state index is 0.0699. The second-order valence-electron chi connectivity index (χ2n) is 10.8. The first-order valence-electron chi connectivity index (χ1n) is 11.7. The first-order chi connectivity index (χ1) is 17.1. The number of fused-ring (bicyclic) bond motifs is 3. The number of aromatic nitrogens is 2. The Hall–Kier alpha value is -3.06. The van der Waals surface area contributed by atoms with Gasteiger partial charge in [0.25, 0.3) is 6.01 Å². The molecule has 3 aliphatic rings. The third kappa shape index (κ3) is 4.93. The molecule has 37 heavy (non-hydrogen) atoms. The molecule has 2 bridgehead atoms. The zero-order valence-corrected chi connectivity index (χ0v) is 21.7. The maximum atomic E-state index is 13.4. The molecule has 200 valence electrons. The Labute approximate surface area is 214 Å². The number of carbonyl (C=O) groups excluding carboxylic acids is 1. The first kappa shape index (κ1) is 25.6. The van der Waals surface area contributed by atoms with Crippen LogP contribution in [0.1, 0.15) is 46.6 Å². The Morgan fingerprint density at radius 2 is 1.86 bits per heavy atom. The molecular weight excluding hydrogens is 513 g/mol. The van der Waals surface area contributed by atoms with E-state index < -0.39 is 29.4 Å². The predicted octanol–water partition coefficient (Wildman–Crippen LogP) is 5.28. The van der Waals surface area contributed by atoms with Crippen LogP contribution in [0, 0.1) is 0 Å². The predicted molar refractivity (Wildman–Crippen MR) is 130 cm³/mol. The molecule has 3 saturated heterocycles. The second kappa shape index (κ2) is 8.48. The highest BCUT2D eigenvalue weighted by molar-refractivity contribution is 7.13. The number of benzene rings is 1. The number of anilines is 1. The molecule has 6 rings (SSSR count). The molecule has 0 aliphatic carbocycles. The Kier molecular flexibility index (Phi) is 5.87. The highest BCUT2D eigenvalue weighted by Crippen LogP contribution is 2.46. The summed E-state index contributed by atoms with van der Waals surface area (Å²) in [6.45, 7) is 8.89. The minimum Gasteiger partial charge on any atom is -0.444 e. The molecule has 2 unspecified atom stereocenters. The van der Waals surface area contributed by atoms with Gasteiger partial charge in [-0.3, -0.25) is 4.90 Å². The van der Waals surface area contributed by atoms with Crippen molar-refractivity contribution >= 4 is 34.5 Å². The summed E-state index contributed by atoms with van der Waals surface area (Å²) in [6.07, 6.45) is -3.06. The van der Waals surface area contributed by atoms with Crippen molar-refractivity contribution in [1.82, 2.24) is 14.9 Å². The third-order valence-electron chi connectivity index (χ3n) is 6.22. The maximum absolute atomic E-state index is 13.4. The summed E-state index contributed by atoms with van der Waals surface area (Å²) in [5, 5.41) is 12.9. The fourth-order valence-corrected chi connectivity index (χ4v) is 5.40. The lowest BCUT2D eigenvalue weighted by Crippen LogP contribution is -2.70. The van der Waals surface area contributed by atoms with E-state index in [1.54, 1.807) is 42.1 Å². The fraction of sp³-hybridized carbons (Fsp3) is 0.542. The van der Waals surface area contributed by atoms with Crippen molar-refractivity contribution in [2.24, 2.45) is 0 Å². The van der Waals surface area contributed by atoms with E-state index in [1.165, 1.54) is 31.3 Å². The number of aliphatic hydroxyl groups is 1. The van der Waals surface area contributed by atoms with Gasteiger partial charge in [-0.2, -0.15) is 4.98 Å². The lowest BCUT2D eigenvalue weighted by atomic mass is 9.88. The number of rotatable bonds is 4. The summed E-state index contributed by atoms with van der Waals surface area (Å²) in [5.41, 5.74) is -2.10. The van der Waals surface area contributed by atoms with E-state index in [4.69, 9.17) is 9.15 Å². The summed E-state index contributed by atoms with van der Waals surface area (Å²) in [4.78, 5) is 24.8. The average Bonchev–Trinajstić information content (AvgIpc) is 3.41. The summed E-state index contributed by atoms with van der Waals surface area (Å²) in [6, 6.07) is 1.22. The zero-order chi connectivity index (χ0) is 26.9. The van der Waals surface area contributed by atoms with Gasteiger partial charge in [0.05, 0.1) is 23.2 Å². The van der Waals surface area contributed by atoms with Crippen molar-refractivity contribution in [1.29, 1.82) is 0 Å². The van der Waals surface area contributed by atoms with E-state index >= 15 is 0 Å². The molecule has 3 aliphatic heterocycles. The molecule has 3 aromatic rings. The van der Waals surface area contributed by atoms with Crippen LogP contribution in [0.2, 0.25) is 0 Å². The van der Waals surface area contributed by atoms with Crippen molar-refractivity contribution in [2.75, 3.05) is 18.0 Å². The maximum Gasteiger partial charge on any atom is 0.573 e. The van der Waals surface area contributed by atoms with Crippen LogP contribution in [0.15, 0.2) is 22.1 Å². The van der Waals surface area contributed by atoms with Gasteiger partial charge in [-0.1, -0.05) is 0 Å². The summed E-state index contributed by atoms with van der Waals surface area (Å²) in [7, 11) is 0. The lowest BCUT2D eigenvalue weighted by Gasteiger charge is -2.55. The molecule has 0 radical (unpaired) electrons. The van der Waals surface area contributed by atoms with Crippen LogP contribution in [-0.4, -0.2) is 63.2 Å². The number of hydrogen-bond acceptors (Lipinski definition) is 9. The van der Waals surface area contributed by atoms with E-state index in [9.17, 15) is 23.1 Å². The van der Waals surface area contributed by atoms with Gasteiger partial charge in [-0.15, -0.1) is 24.5 Å². The number of oxazole rings is 1. The quantitative estimate of drug-likeness (QED) is 0.477. The molecule has 5 heterocycles. The molecule has 13 heteroatoms. The van der Waals surface area contributed by atoms with Crippen molar-refractivity contribution in [3.63, 3.8) is 0 Å². The molecular formula is C24H27F3N4O5S. The Bertz CT molecular complexity index is 1320. The number of piperidine rings is 1. The number of nitrogens with zero attached hydrogens (tertiary/aromatic N) is 4. The molecule has 0 saturated carbocycles. The number of piperazine rings is 1. The van der Waals surface area contributed by atoms with Gasteiger partial charge in [0.15, 0.2) is 16.8 Å². The smallest absolute Gasteiger partial charge is 0.444 e. The Morgan fingerprint density at radius 3 is 2.41 bits per heavy atom. The number of carbonyl (C=O) groups is 1. The van der Waals surface area contributed by atoms with Gasteiger partial charge in [0.1, 0.15) is 10.6 Å². The van der Waals surface area contributed by atoms with Crippen LogP contribution >= 0.6 is 11.3 Å². The van der Waals surface area contributed by atoms with Gasteiger partial charge < -0.3 is 23.9 Å². The molecule has 2 aromatic heterocycles. The van der Waals surface area contributed by atoms with Crippen molar-refractivity contribution < 1.29 is 37.0 Å². The van der Waals surface area contributed by atoms with E-state index in [0.29, 0.717) is 23.7 Å². The van der Waals surface area contributed by atoms with Gasteiger partial charge in [-0.25, -0.2) is 9.78 Å². The monoisotopic (exact) mass is 540 g/mol. The van der Waals surface area contributed by atoms with E-state index in [1.807, 2.05) is 0 Å². The SMILES string of the molecule is CC(C)(C)OC(=O)N1C2CC1CN(c1nc3c(OC(F)(F)F)c(C(C)(C)O)cc(-c4nccs4)c3o1)C2. The largest absolute Gasteiger partial charge is 0.573 e. The number of halogens is 3. The van der Waals surface area contributed by atoms with Crippen molar-refractivity contribution in [3.8, 4) is 16.3 Å². The standard InChI is InChI=1S/C24H27F3N4O5S/c1-22(2,3)36-21(32)31-12-8-13(31)11-30(10-12)20-29-16-17(34-20)14(19-28-6-7-37-19)9-15(23(4,5)33)18(16)35-24(25,26)27/h6-7,9,12-13,33H,8,10-11H2,1-5H3. The Morgan fingerprint density at radius 1 is 1.19 bits per heavy atom. The van der Waals surface area contributed by atoms with Crippen LogP contribution in [-0.2, 0) is 10.3 Å². The minimum atomic E-state index is -5.02. The van der Waals surface area contributed by atoms with Crippen LogP contribution in [0.25, 0.3) is 21.7 Å². The average molecular weight is 541 g/mol.